The van der Waals surface area contributed by atoms with Crippen molar-refractivity contribution in [3.05, 3.63) is 60.2 Å². The Bertz CT molecular complexity index is 1010. The molecule has 0 aliphatic carbocycles. The molecule has 0 aliphatic rings. The van der Waals surface area contributed by atoms with Crippen molar-refractivity contribution in [2.75, 3.05) is 19.4 Å². The van der Waals surface area contributed by atoms with Crippen molar-refractivity contribution < 1.29 is 32.7 Å². The maximum Gasteiger partial charge on any atom is 0.266 e. The van der Waals surface area contributed by atoms with Crippen LogP contribution in [0.25, 0.3) is 0 Å². The smallest absolute Gasteiger partial charge is 0.266 e. The van der Waals surface area contributed by atoms with Gasteiger partial charge in [-0.1, -0.05) is 30.3 Å². The fourth-order valence-corrected chi connectivity index (χ4v) is 4.04. The van der Waals surface area contributed by atoms with Crippen LogP contribution in [0.15, 0.2) is 59.5 Å². The monoisotopic (exact) mass is 449 g/mol. The molecule has 4 N–H and O–H groups in total. The molecule has 0 heterocycles. The van der Waals surface area contributed by atoms with Crippen molar-refractivity contribution in [2.24, 2.45) is 0 Å². The number of sulfone groups is 1. The Labute approximate surface area is 179 Å². The highest BCUT2D eigenvalue weighted by Gasteiger charge is 2.28. The highest BCUT2D eigenvalue weighted by atomic mass is 32.2. The Morgan fingerprint density at radius 1 is 1.00 bits per heavy atom. The topological polar surface area (TPSA) is 151 Å². The molecule has 0 radical (unpaired) electrons. The second-order valence-corrected chi connectivity index (χ2v) is 8.53. The Hall–Kier alpha value is -3.44. The molecule has 0 saturated carbocycles. The number of hydrogen-bond donors (Lipinski definition) is 4. The molecule has 31 heavy (non-hydrogen) atoms. The Kier molecular flexibility index (Phi) is 8.53. The Balaban J connectivity index is 1.97. The predicted octanol–water partition coefficient (Wildman–Crippen LogP) is -0.182. The lowest BCUT2D eigenvalue weighted by Gasteiger charge is -2.17. The molecule has 11 heteroatoms. The van der Waals surface area contributed by atoms with Crippen LogP contribution >= 0.6 is 0 Å². The number of rotatable bonds is 10. The molecule has 1 atom stereocenters. The average Bonchev–Trinajstić information content (AvgIpc) is 2.77. The molecule has 2 aromatic carbocycles. The molecule has 166 valence electrons. The second kappa shape index (κ2) is 11.1. The molecule has 2 aromatic rings. The van der Waals surface area contributed by atoms with Crippen LogP contribution in [0.5, 0.6) is 5.75 Å². The molecule has 3 amide bonds. The molecule has 2 rings (SSSR count). The van der Waals surface area contributed by atoms with E-state index in [9.17, 15) is 22.8 Å². The second-order valence-electron chi connectivity index (χ2n) is 6.49. The summed E-state index contributed by atoms with van der Waals surface area (Å²) in [5, 5.41) is 13.5. The van der Waals surface area contributed by atoms with Gasteiger partial charge >= 0.3 is 0 Å². The molecule has 0 bridgehead atoms. The Morgan fingerprint density at radius 3 is 2.23 bits per heavy atom. The third-order valence-corrected chi connectivity index (χ3v) is 5.98. The van der Waals surface area contributed by atoms with Crippen molar-refractivity contribution in [1.29, 1.82) is 0 Å². The average molecular weight is 449 g/mol. The number of ether oxygens (including phenoxy) is 1. The summed E-state index contributed by atoms with van der Waals surface area (Å²) in [7, 11) is -2.56. The van der Waals surface area contributed by atoms with E-state index in [0.717, 1.165) is 5.56 Å². The number of methoxy groups -OCH3 is 1. The highest BCUT2D eigenvalue weighted by Crippen LogP contribution is 2.17. The van der Waals surface area contributed by atoms with Gasteiger partial charge in [-0.2, -0.15) is 0 Å². The molecule has 0 saturated heterocycles. The van der Waals surface area contributed by atoms with E-state index in [1.165, 1.54) is 36.9 Å². The fourth-order valence-electron chi connectivity index (χ4n) is 2.63. The van der Waals surface area contributed by atoms with Gasteiger partial charge in [0, 0.05) is 0 Å². The van der Waals surface area contributed by atoms with E-state index in [1.807, 2.05) is 0 Å². The van der Waals surface area contributed by atoms with Gasteiger partial charge in [0.25, 0.3) is 5.91 Å². The largest absolute Gasteiger partial charge is 0.497 e. The lowest BCUT2D eigenvalue weighted by Crippen LogP contribution is -2.52. The maximum absolute atomic E-state index is 12.6. The van der Waals surface area contributed by atoms with Crippen molar-refractivity contribution in [2.45, 2.75) is 17.4 Å². The molecular formula is C20H23N3O7S. The summed E-state index contributed by atoms with van der Waals surface area (Å²) in [5.74, 6) is -2.67. The Morgan fingerprint density at radius 2 is 1.65 bits per heavy atom. The van der Waals surface area contributed by atoms with Crippen molar-refractivity contribution in [3.63, 3.8) is 0 Å². The number of benzene rings is 2. The molecule has 0 spiro atoms. The number of carbonyl (C=O) groups excluding carboxylic acids is 3. The first-order chi connectivity index (χ1) is 14.7. The van der Waals surface area contributed by atoms with Gasteiger partial charge in [0.15, 0.2) is 9.84 Å². The maximum atomic E-state index is 12.6. The van der Waals surface area contributed by atoms with E-state index in [2.05, 4.69) is 10.6 Å². The van der Waals surface area contributed by atoms with Gasteiger partial charge in [0.05, 0.1) is 30.7 Å². The highest BCUT2D eigenvalue weighted by molar-refractivity contribution is 7.91. The van der Waals surface area contributed by atoms with Crippen molar-refractivity contribution >= 4 is 27.6 Å². The summed E-state index contributed by atoms with van der Waals surface area (Å²) in [4.78, 5) is 35.9. The van der Waals surface area contributed by atoms with E-state index in [4.69, 9.17) is 9.94 Å². The summed E-state index contributed by atoms with van der Waals surface area (Å²) >= 11 is 0. The molecule has 0 fully saturated rings. The minimum Gasteiger partial charge on any atom is -0.497 e. The molecule has 0 aliphatic heterocycles. The van der Waals surface area contributed by atoms with E-state index < -0.39 is 45.9 Å². The van der Waals surface area contributed by atoms with Crippen LogP contribution in [0, 0.1) is 0 Å². The lowest BCUT2D eigenvalue weighted by atomic mass is 10.1. The van der Waals surface area contributed by atoms with Gasteiger partial charge < -0.3 is 15.4 Å². The number of carbonyl (C=O) groups is 3. The zero-order chi connectivity index (χ0) is 22.9. The number of amides is 3. The zero-order valence-electron chi connectivity index (χ0n) is 16.7. The summed E-state index contributed by atoms with van der Waals surface area (Å²) < 4.78 is 30.2. The molecule has 0 aromatic heterocycles. The normalized spacial score (nSPS) is 11.8. The third-order valence-electron chi connectivity index (χ3n) is 4.22. The van der Waals surface area contributed by atoms with Crippen LogP contribution in [-0.4, -0.2) is 56.8 Å². The first-order valence-corrected chi connectivity index (χ1v) is 10.8. The van der Waals surface area contributed by atoms with E-state index >= 15 is 0 Å². The number of hydroxylamine groups is 1. The van der Waals surface area contributed by atoms with Crippen LogP contribution in [0.2, 0.25) is 0 Å². The van der Waals surface area contributed by atoms with Gasteiger partial charge in [-0.3, -0.25) is 19.6 Å². The van der Waals surface area contributed by atoms with Crippen LogP contribution in [0.4, 0.5) is 0 Å². The summed E-state index contributed by atoms with van der Waals surface area (Å²) in [6.07, 6.45) is 0.0561. The fraction of sp³-hybridized carbons (Fsp3) is 0.250. The summed E-state index contributed by atoms with van der Waals surface area (Å²) in [6.45, 7) is -0.469. The minimum absolute atomic E-state index is 0.0561. The van der Waals surface area contributed by atoms with E-state index in [-0.39, 0.29) is 11.3 Å². The molecular weight excluding hydrogens is 426 g/mol. The van der Waals surface area contributed by atoms with Gasteiger partial charge in [-0.25, -0.2) is 13.9 Å². The number of nitrogens with one attached hydrogen (secondary N) is 3. The van der Waals surface area contributed by atoms with Gasteiger partial charge in [-0.05, 0) is 29.8 Å². The molecule has 10 nitrogen and oxygen atoms in total. The minimum atomic E-state index is -3.99. The van der Waals surface area contributed by atoms with Crippen molar-refractivity contribution in [1.82, 2.24) is 16.1 Å². The van der Waals surface area contributed by atoms with Gasteiger partial charge in [0.1, 0.15) is 11.8 Å². The first-order valence-electron chi connectivity index (χ1n) is 9.16. The van der Waals surface area contributed by atoms with Gasteiger partial charge in [0.2, 0.25) is 11.8 Å². The predicted molar refractivity (Wildman–Crippen MR) is 110 cm³/mol. The van der Waals surface area contributed by atoms with Crippen LogP contribution in [0.3, 0.4) is 0 Å². The quantitative estimate of drug-likeness (QED) is 0.290. The summed E-state index contributed by atoms with van der Waals surface area (Å²) in [5.41, 5.74) is 2.09. The van der Waals surface area contributed by atoms with E-state index in [1.54, 1.807) is 30.3 Å². The standard InChI is InChI=1S/C20H23N3O7S/c1-30-15-7-9-16(10-8-15)31(28,29)13-17(20(26)23-27)22-19(25)12-21-18(24)11-14-5-3-2-4-6-14/h2-10,17,27H,11-13H2,1H3,(H,21,24)(H,22,25)(H,23,26). The first kappa shape index (κ1) is 23.8. The van der Waals surface area contributed by atoms with Crippen LogP contribution in [-0.2, 0) is 30.6 Å². The lowest BCUT2D eigenvalue weighted by molar-refractivity contribution is -0.134. The van der Waals surface area contributed by atoms with Crippen LogP contribution < -0.4 is 20.9 Å². The van der Waals surface area contributed by atoms with E-state index in [0.29, 0.717) is 5.75 Å². The number of hydrogen-bond acceptors (Lipinski definition) is 7. The zero-order valence-corrected chi connectivity index (χ0v) is 17.5. The SMILES string of the molecule is COc1ccc(S(=O)(=O)CC(NC(=O)CNC(=O)Cc2ccccc2)C(=O)NO)cc1. The van der Waals surface area contributed by atoms with Crippen LogP contribution in [0.1, 0.15) is 5.56 Å². The molecule has 1 unspecified atom stereocenters. The van der Waals surface area contributed by atoms with Gasteiger partial charge in [-0.15, -0.1) is 0 Å². The third kappa shape index (κ3) is 7.39. The van der Waals surface area contributed by atoms with Crippen molar-refractivity contribution in [3.8, 4) is 5.75 Å². The summed E-state index contributed by atoms with van der Waals surface area (Å²) in [6, 6.07) is 12.8.